The molecule has 0 saturated heterocycles. The van der Waals surface area contributed by atoms with Gasteiger partial charge in [-0.05, 0) is 17.4 Å². The SMILES string of the molecule is BCc1cnc(C(O)(c2ccccc2)c2ccccc2)o1. The van der Waals surface area contributed by atoms with Crippen molar-refractivity contribution in [2.45, 2.75) is 11.9 Å². The summed E-state index contributed by atoms with van der Waals surface area (Å²) < 4.78 is 5.75. The average molecular weight is 277 g/mol. The molecule has 0 amide bonds. The molecule has 0 saturated carbocycles. The highest BCUT2D eigenvalue weighted by atomic mass is 16.4. The topological polar surface area (TPSA) is 46.3 Å². The van der Waals surface area contributed by atoms with Crippen LogP contribution in [0.2, 0.25) is 0 Å². The highest BCUT2D eigenvalue weighted by molar-refractivity contribution is 6.07. The van der Waals surface area contributed by atoms with Gasteiger partial charge in [-0.2, -0.15) is 0 Å². The van der Waals surface area contributed by atoms with Gasteiger partial charge in [-0.15, -0.1) is 0 Å². The molecule has 2 aromatic carbocycles. The zero-order valence-electron chi connectivity index (χ0n) is 11.9. The molecule has 0 spiro atoms. The molecule has 1 aromatic heterocycles. The Morgan fingerprint density at radius 3 is 1.90 bits per heavy atom. The third-order valence-corrected chi connectivity index (χ3v) is 3.59. The number of rotatable bonds is 4. The molecule has 3 aromatic rings. The molecule has 0 aliphatic rings. The van der Waals surface area contributed by atoms with E-state index in [1.807, 2.05) is 68.5 Å². The third kappa shape index (κ3) is 2.38. The molecule has 3 rings (SSSR count). The molecule has 3 nitrogen and oxygen atoms in total. The fraction of sp³-hybridized carbons (Fsp3) is 0.118. The quantitative estimate of drug-likeness (QED) is 0.743. The molecule has 0 aliphatic heterocycles. The first-order valence-electron chi connectivity index (χ1n) is 7.03. The van der Waals surface area contributed by atoms with Crippen molar-refractivity contribution in [2.75, 3.05) is 0 Å². The van der Waals surface area contributed by atoms with Crippen LogP contribution in [0.1, 0.15) is 22.8 Å². The second-order valence-corrected chi connectivity index (χ2v) is 4.93. The highest BCUT2D eigenvalue weighted by Gasteiger charge is 2.38. The minimum atomic E-state index is -1.38. The Labute approximate surface area is 124 Å². The van der Waals surface area contributed by atoms with Gasteiger partial charge in [-0.1, -0.05) is 60.7 Å². The van der Waals surface area contributed by atoms with Gasteiger partial charge < -0.3 is 9.52 Å². The van der Waals surface area contributed by atoms with E-state index in [1.165, 1.54) is 0 Å². The largest absolute Gasteiger partial charge is 0.443 e. The van der Waals surface area contributed by atoms with Crippen molar-refractivity contribution in [3.63, 3.8) is 0 Å². The van der Waals surface area contributed by atoms with Gasteiger partial charge in [0.05, 0.1) is 6.20 Å². The van der Waals surface area contributed by atoms with Crippen LogP contribution in [0.15, 0.2) is 71.3 Å². The van der Waals surface area contributed by atoms with Crippen molar-refractivity contribution < 1.29 is 9.52 Å². The molecule has 1 N–H and O–H groups in total. The zero-order valence-corrected chi connectivity index (χ0v) is 11.9. The second-order valence-electron chi connectivity index (χ2n) is 4.93. The summed E-state index contributed by atoms with van der Waals surface area (Å²) in [6.07, 6.45) is 2.42. The summed E-state index contributed by atoms with van der Waals surface area (Å²) in [7, 11) is 1.99. The van der Waals surface area contributed by atoms with Gasteiger partial charge in [0.2, 0.25) is 5.89 Å². The maximum absolute atomic E-state index is 11.4. The standard InChI is InChI=1S/C17H16BNO2/c18-11-15-12-19-16(21-15)17(20,13-7-3-1-4-8-13)14-9-5-2-6-10-14/h1-10,12,20H,11,18H2. The van der Waals surface area contributed by atoms with Crippen LogP contribution in [0.5, 0.6) is 0 Å². The van der Waals surface area contributed by atoms with Gasteiger partial charge in [0.25, 0.3) is 0 Å². The first-order valence-corrected chi connectivity index (χ1v) is 7.03. The Balaban J connectivity index is 2.20. The van der Waals surface area contributed by atoms with E-state index >= 15 is 0 Å². The van der Waals surface area contributed by atoms with Gasteiger partial charge >= 0.3 is 0 Å². The van der Waals surface area contributed by atoms with Gasteiger partial charge in [-0.3, -0.25) is 0 Å². The number of benzene rings is 2. The first kappa shape index (κ1) is 13.6. The number of oxazole rings is 1. The Morgan fingerprint density at radius 1 is 0.952 bits per heavy atom. The van der Waals surface area contributed by atoms with Crippen LogP contribution in [0, 0.1) is 0 Å². The fourth-order valence-corrected chi connectivity index (χ4v) is 2.41. The monoisotopic (exact) mass is 277 g/mol. The van der Waals surface area contributed by atoms with E-state index in [2.05, 4.69) is 4.98 Å². The summed E-state index contributed by atoms with van der Waals surface area (Å²) in [5.41, 5.74) is 0.0945. The molecule has 21 heavy (non-hydrogen) atoms. The summed E-state index contributed by atoms with van der Waals surface area (Å²) in [5, 5.41) is 11.4. The van der Waals surface area contributed by atoms with Crippen LogP contribution in [-0.2, 0) is 11.9 Å². The van der Waals surface area contributed by atoms with Crippen LogP contribution >= 0.6 is 0 Å². The molecule has 1 heterocycles. The van der Waals surface area contributed by atoms with E-state index in [0.29, 0.717) is 5.89 Å². The molecular formula is C17H16BNO2. The van der Waals surface area contributed by atoms with Gasteiger partial charge in [-0.25, -0.2) is 4.98 Å². The predicted molar refractivity (Wildman–Crippen MR) is 83.7 cm³/mol. The van der Waals surface area contributed by atoms with E-state index in [1.54, 1.807) is 6.20 Å². The molecule has 0 bridgehead atoms. The summed E-state index contributed by atoms with van der Waals surface area (Å²) in [5.74, 6) is 1.06. The third-order valence-electron chi connectivity index (χ3n) is 3.59. The lowest BCUT2D eigenvalue weighted by atomic mass is 9.86. The molecule has 0 radical (unpaired) electrons. The number of nitrogens with zero attached hydrogens (tertiary/aromatic N) is 1. The van der Waals surface area contributed by atoms with Crippen molar-refractivity contribution >= 4 is 7.85 Å². The van der Waals surface area contributed by atoms with E-state index in [0.717, 1.165) is 23.2 Å². The van der Waals surface area contributed by atoms with Crippen LogP contribution in [0.25, 0.3) is 0 Å². The minimum Gasteiger partial charge on any atom is -0.443 e. The van der Waals surface area contributed by atoms with Crippen molar-refractivity contribution in [2.24, 2.45) is 0 Å². The summed E-state index contributed by atoms with van der Waals surface area (Å²) in [6.45, 7) is 0. The Bertz CT molecular complexity index is 670. The van der Waals surface area contributed by atoms with Gasteiger partial charge in [0.1, 0.15) is 13.6 Å². The van der Waals surface area contributed by atoms with Gasteiger partial charge in [0.15, 0.2) is 5.60 Å². The Morgan fingerprint density at radius 2 is 1.48 bits per heavy atom. The normalized spacial score (nSPS) is 11.5. The molecule has 0 aliphatic carbocycles. The van der Waals surface area contributed by atoms with E-state index in [4.69, 9.17) is 4.42 Å². The first-order chi connectivity index (χ1) is 10.2. The lowest BCUT2D eigenvalue weighted by molar-refractivity contribution is 0.0917. The second kappa shape index (κ2) is 5.58. The summed E-state index contributed by atoms with van der Waals surface area (Å²) in [4.78, 5) is 4.30. The van der Waals surface area contributed by atoms with Crippen molar-refractivity contribution in [3.8, 4) is 0 Å². The smallest absolute Gasteiger partial charge is 0.235 e. The lowest BCUT2D eigenvalue weighted by Crippen LogP contribution is -2.29. The minimum absolute atomic E-state index is 0.303. The predicted octanol–water partition coefficient (Wildman–Crippen LogP) is 2.09. The zero-order chi connectivity index (χ0) is 14.7. The maximum atomic E-state index is 11.4. The molecule has 104 valence electrons. The molecule has 0 fully saturated rings. The number of aromatic nitrogens is 1. The maximum Gasteiger partial charge on any atom is 0.235 e. The van der Waals surface area contributed by atoms with E-state index < -0.39 is 5.60 Å². The molecule has 4 heteroatoms. The fourth-order valence-electron chi connectivity index (χ4n) is 2.41. The summed E-state index contributed by atoms with van der Waals surface area (Å²) >= 11 is 0. The lowest BCUT2D eigenvalue weighted by Gasteiger charge is -2.26. The number of hydrogen-bond donors (Lipinski definition) is 1. The average Bonchev–Trinajstić information content (AvgIpc) is 3.05. The molecule has 0 atom stereocenters. The van der Waals surface area contributed by atoms with Crippen LogP contribution in [0.3, 0.4) is 0 Å². The van der Waals surface area contributed by atoms with E-state index in [9.17, 15) is 5.11 Å². The molecular weight excluding hydrogens is 261 g/mol. The molecule has 0 unspecified atom stereocenters. The number of aliphatic hydroxyl groups is 1. The number of hydrogen-bond acceptors (Lipinski definition) is 3. The van der Waals surface area contributed by atoms with Crippen molar-refractivity contribution in [3.05, 3.63) is 89.6 Å². The Kier molecular flexibility index (Phi) is 3.63. The van der Waals surface area contributed by atoms with Crippen LogP contribution < -0.4 is 0 Å². The highest BCUT2D eigenvalue weighted by Crippen LogP contribution is 2.35. The van der Waals surface area contributed by atoms with Crippen molar-refractivity contribution in [1.82, 2.24) is 4.98 Å². The van der Waals surface area contributed by atoms with Crippen molar-refractivity contribution in [1.29, 1.82) is 0 Å². The Hall–Kier alpha value is -2.33. The summed E-state index contributed by atoms with van der Waals surface area (Å²) in [6, 6.07) is 18.9. The van der Waals surface area contributed by atoms with E-state index in [-0.39, 0.29) is 0 Å². The van der Waals surface area contributed by atoms with Crippen LogP contribution in [-0.4, -0.2) is 17.9 Å². The van der Waals surface area contributed by atoms with Crippen LogP contribution in [0.4, 0.5) is 0 Å². The van der Waals surface area contributed by atoms with Gasteiger partial charge in [0, 0.05) is 0 Å².